The fourth-order valence-electron chi connectivity index (χ4n) is 12.4. The number of aliphatic hydroxyl groups excluding tert-OH is 8. The average Bonchev–Trinajstić information content (AvgIpc) is 3.25. The number of ether oxygens (including phenoxy) is 4. The summed E-state index contributed by atoms with van der Waals surface area (Å²) in [6, 6.07) is -0.909. The molecule has 0 bridgehead atoms. The van der Waals surface area contributed by atoms with Gasteiger partial charge >= 0.3 is 0 Å². The summed E-state index contributed by atoms with van der Waals surface area (Å²) in [5, 5.41) is 87.0. The molecule has 2 saturated heterocycles. The van der Waals surface area contributed by atoms with Crippen molar-refractivity contribution in [3.8, 4) is 0 Å². The van der Waals surface area contributed by atoms with Crippen LogP contribution in [0.2, 0.25) is 0 Å². The molecule has 14 heteroatoms. The van der Waals surface area contributed by atoms with Crippen molar-refractivity contribution >= 4 is 5.91 Å². The molecule has 0 spiro atoms. The third kappa shape index (κ3) is 41.0. The van der Waals surface area contributed by atoms with Gasteiger partial charge in [0.1, 0.15) is 48.8 Å². The van der Waals surface area contributed by atoms with Gasteiger partial charge in [0.2, 0.25) is 5.91 Å². The van der Waals surface area contributed by atoms with E-state index in [4.69, 9.17) is 18.9 Å². The number of allylic oxidation sites excluding steroid dienone is 1. The van der Waals surface area contributed by atoms with Crippen molar-refractivity contribution in [3.05, 3.63) is 12.2 Å². The normalized spacial score (nSPS) is 23.5. The number of nitrogens with one attached hydrogen (secondary N) is 1. The number of rotatable bonds is 61. The molecular formula is C71H137NO13. The summed E-state index contributed by atoms with van der Waals surface area (Å²) in [7, 11) is 0. The van der Waals surface area contributed by atoms with E-state index in [2.05, 4.69) is 19.2 Å². The number of unbranched alkanes of at least 4 members (excludes halogenated alkanes) is 48. The Bertz CT molecular complexity index is 1470. The summed E-state index contributed by atoms with van der Waals surface area (Å²) >= 11 is 0. The molecule has 504 valence electrons. The largest absolute Gasteiger partial charge is 0.394 e. The first-order chi connectivity index (χ1) is 41.6. The molecule has 9 N–H and O–H groups in total. The Morgan fingerprint density at radius 3 is 1.08 bits per heavy atom. The Morgan fingerprint density at radius 2 is 0.729 bits per heavy atom. The van der Waals surface area contributed by atoms with Crippen molar-refractivity contribution in [2.75, 3.05) is 19.8 Å². The molecule has 0 aromatic heterocycles. The van der Waals surface area contributed by atoms with Crippen LogP contribution in [0.3, 0.4) is 0 Å². The number of aliphatic hydroxyl groups is 8. The van der Waals surface area contributed by atoms with Crippen molar-refractivity contribution in [1.29, 1.82) is 0 Å². The van der Waals surface area contributed by atoms with Gasteiger partial charge in [-0.2, -0.15) is 0 Å². The second-order valence-electron chi connectivity index (χ2n) is 26.1. The summed E-state index contributed by atoms with van der Waals surface area (Å²) in [5.74, 6) is -0.234. The molecule has 2 aliphatic heterocycles. The quantitative estimate of drug-likeness (QED) is 0.0204. The van der Waals surface area contributed by atoms with Gasteiger partial charge in [0.15, 0.2) is 12.6 Å². The van der Waals surface area contributed by atoms with Crippen LogP contribution in [0.1, 0.15) is 341 Å². The first-order valence-electron chi connectivity index (χ1n) is 36.4. The highest BCUT2D eigenvalue weighted by molar-refractivity contribution is 5.76. The average molecular weight is 1210 g/mol. The van der Waals surface area contributed by atoms with E-state index in [9.17, 15) is 45.6 Å². The van der Waals surface area contributed by atoms with Gasteiger partial charge in [0.05, 0.1) is 32.0 Å². The Hall–Kier alpha value is -1.27. The van der Waals surface area contributed by atoms with E-state index in [-0.39, 0.29) is 18.9 Å². The smallest absolute Gasteiger partial charge is 0.220 e. The Labute approximate surface area is 520 Å². The van der Waals surface area contributed by atoms with Crippen LogP contribution in [0, 0.1) is 0 Å². The SMILES string of the molecule is CCCCCCCCCC/C=C/C(O)C(COC1OC(CO)C(OC2OC(CO)C(O)C(O)C2O)C(O)C1O)NC(=O)CCCCCCCCCCCCCCCCCCCCCCCCCCCCCCCCCCCCCCCCCCC. The van der Waals surface area contributed by atoms with Crippen LogP contribution < -0.4 is 5.32 Å². The summed E-state index contributed by atoms with van der Waals surface area (Å²) < 4.78 is 22.8. The first kappa shape index (κ1) is 79.8. The van der Waals surface area contributed by atoms with Crippen molar-refractivity contribution in [2.24, 2.45) is 0 Å². The lowest BCUT2D eigenvalue weighted by atomic mass is 9.97. The molecule has 12 unspecified atom stereocenters. The highest BCUT2D eigenvalue weighted by Gasteiger charge is 2.51. The van der Waals surface area contributed by atoms with E-state index in [1.165, 1.54) is 276 Å². The van der Waals surface area contributed by atoms with Crippen molar-refractivity contribution < 1.29 is 64.6 Å². The Balaban J connectivity index is 1.48. The van der Waals surface area contributed by atoms with Crippen LogP contribution in [-0.2, 0) is 23.7 Å². The van der Waals surface area contributed by atoms with Crippen LogP contribution in [0.5, 0.6) is 0 Å². The lowest BCUT2D eigenvalue weighted by molar-refractivity contribution is -0.359. The second-order valence-corrected chi connectivity index (χ2v) is 26.1. The van der Waals surface area contributed by atoms with E-state index < -0.39 is 86.8 Å². The molecule has 2 rings (SSSR count). The van der Waals surface area contributed by atoms with Gasteiger partial charge in [-0.15, -0.1) is 0 Å². The van der Waals surface area contributed by atoms with Gasteiger partial charge in [-0.05, 0) is 19.3 Å². The minimum absolute atomic E-state index is 0.234. The Morgan fingerprint density at radius 1 is 0.412 bits per heavy atom. The predicted molar refractivity (Wildman–Crippen MR) is 346 cm³/mol. The molecule has 85 heavy (non-hydrogen) atoms. The predicted octanol–water partition coefficient (Wildman–Crippen LogP) is 15.0. The molecule has 1 amide bonds. The van der Waals surface area contributed by atoms with Gasteiger partial charge in [-0.25, -0.2) is 0 Å². The minimum Gasteiger partial charge on any atom is -0.394 e. The van der Waals surface area contributed by atoms with E-state index in [0.29, 0.717) is 6.42 Å². The fourth-order valence-corrected chi connectivity index (χ4v) is 12.4. The third-order valence-corrected chi connectivity index (χ3v) is 18.2. The van der Waals surface area contributed by atoms with Crippen LogP contribution in [0.15, 0.2) is 12.2 Å². The second kappa shape index (κ2) is 56.7. The maximum atomic E-state index is 13.3. The van der Waals surface area contributed by atoms with Crippen molar-refractivity contribution in [2.45, 2.75) is 415 Å². The van der Waals surface area contributed by atoms with Crippen molar-refractivity contribution in [3.63, 3.8) is 0 Å². The summed E-state index contributed by atoms with van der Waals surface area (Å²) in [6.45, 7) is 2.81. The van der Waals surface area contributed by atoms with Crippen LogP contribution in [0.25, 0.3) is 0 Å². The van der Waals surface area contributed by atoms with E-state index >= 15 is 0 Å². The topological polar surface area (TPSA) is 228 Å². The molecule has 0 aromatic carbocycles. The maximum Gasteiger partial charge on any atom is 0.220 e. The number of amides is 1. The van der Waals surface area contributed by atoms with Gasteiger partial charge in [-0.1, -0.05) is 328 Å². The highest BCUT2D eigenvalue weighted by Crippen LogP contribution is 2.30. The van der Waals surface area contributed by atoms with Gasteiger partial charge in [0.25, 0.3) is 0 Å². The molecule has 2 fully saturated rings. The minimum atomic E-state index is -1.79. The third-order valence-electron chi connectivity index (χ3n) is 18.2. The molecule has 2 heterocycles. The molecular weight excluding hydrogens is 1070 g/mol. The molecule has 0 saturated carbocycles. The van der Waals surface area contributed by atoms with E-state index in [1.54, 1.807) is 6.08 Å². The summed E-state index contributed by atoms with van der Waals surface area (Å²) in [5.41, 5.74) is 0. The fraction of sp³-hybridized carbons (Fsp3) is 0.958. The molecule has 2 aliphatic rings. The van der Waals surface area contributed by atoms with Gasteiger partial charge < -0.3 is 65.1 Å². The summed E-state index contributed by atoms with van der Waals surface area (Å²) in [4.78, 5) is 13.3. The van der Waals surface area contributed by atoms with Crippen LogP contribution in [-0.4, -0.2) is 140 Å². The van der Waals surface area contributed by atoms with Crippen molar-refractivity contribution in [1.82, 2.24) is 5.32 Å². The lowest BCUT2D eigenvalue weighted by Gasteiger charge is -2.46. The molecule has 0 radical (unpaired) electrons. The number of carbonyl (C=O) groups is 1. The zero-order chi connectivity index (χ0) is 61.6. The van der Waals surface area contributed by atoms with Gasteiger partial charge in [0, 0.05) is 6.42 Å². The van der Waals surface area contributed by atoms with Gasteiger partial charge in [-0.3, -0.25) is 4.79 Å². The first-order valence-corrected chi connectivity index (χ1v) is 36.4. The Kier molecular flexibility index (Phi) is 53.2. The molecule has 0 aromatic rings. The standard InChI is InChI=1S/C71H137NO13/c1-3-5-7-9-11-13-15-16-17-18-19-20-21-22-23-24-25-26-27-28-29-30-31-32-33-34-35-36-37-38-39-40-41-42-43-44-45-47-49-51-53-55-63(76)72-59(60(75)54-52-50-48-46-14-12-10-8-6-4-2)58-82-70-68(81)66(79)69(62(57-74)84-70)85-71-67(80)65(78)64(77)61(56-73)83-71/h52,54,59-62,64-71,73-75,77-81H,3-51,53,55-58H2,1-2H3,(H,72,76)/b54-52+. The number of carbonyl (C=O) groups excluding carboxylic acids is 1. The van der Waals surface area contributed by atoms with Crippen LogP contribution >= 0.6 is 0 Å². The number of hydrogen-bond donors (Lipinski definition) is 9. The van der Waals surface area contributed by atoms with E-state index in [1.807, 2.05) is 6.08 Å². The van der Waals surface area contributed by atoms with Crippen LogP contribution in [0.4, 0.5) is 0 Å². The highest BCUT2D eigenvalue weighted by atomic mass is 16.7. The molecule has 14 nitrogen and oxygen atoms in total. The monoisotopic (exact) mass is 1210 g/mol. The molecule has 12 atom stereocenters. The maximum absolute atomic E-state index is 13.3. The van der Waals surface area contributed by atoms with E-state index in [0.717, 1.165) is 38.5 Å². The zero-order valence-electron chi connectivity index (χ0n) is 54.9. The molecule has 0 aliphatic carbocycles. The lowest BCUT2D eigenvalue weighted by Crippen LogP contribution is -2.65. The zero-order valence-corrected chi connectivity index (χ0v) is 54.9. The number of hydrogen-bond acceptors (Lipinski definition) is 13. The summed E-state index contributed by atoms with van der Waals surface area (Å²) in [6.07, 6.45) is 53.4.